The molecule has 3 aliphatic heterocycles. The zero-order valence-electron chi connectivity index (χ0n) is 16.9. The second-order valence-electron chi connectivity index (χ2n) is 8.20. The summed E-state index contributed by atoms with van der Waals surface area (Å²) >= 11 is 0. The van der Waals surface area contributed by atoms with Gasteiger partial charge in [-0.15, -0.1) is 0 Å². The Labute approximate surface area is 162 Å². The van der Waals surface area contributed by atoms with Gasteiger partial charge in [0.1, 0.15) is 0 Å². The fourth-order valence-electron chi connectivity index (χ4n) is 4.57. The summed E-state index contributed by atoms with van der Waals surface area (Å²) in [4.78, 5) is 44.9. The Kier molecular flexibility index (Phi) is 6.73. The number of piperidine rings is 2. The molecule has 3 fully saturated rings. The zero-order valence-corrected chi connectivity index (χ0v) is 16.9. The van der Waals surface area contributed by atoms with Crippen LogP contribution in [-0.2, 0) is 14.4 Å². The largest absolute Gasteiger partial charge is 0.342 e. The summed E-state index contributed by atoms with van der Waals surface area (Å²) in [7, 11) is 0. The summed E-state index contributed by atoms with van der Waals surface area (Å²) in [6.07, 6.45) is 5.21. The lowest BCUT2D eigenvalue weighted by Crippen LogP contribution is -2.56. The molecular weight excluding hydrogens is 344 g/mol. The number of hydrogen-bond donors (Lipinski definition) is 0. The van der Waals surface area contributed by atoms with Gasteiger partial charge in [-0.05, 0) is 52.1 Å². The Hall–Kier alpha value is -1.63. The number of hydrogen-bond acceptors (Lipinski definition) is 4. The molecular formula is C20H34N4O3. The van der Waals surface area contributed by atoms with Crippen LogP contribution in [0.4, 0.5) is 0 Å². The fraction of sp³-hybridized carbons (Fsp3) is 0.850. The molecule has 1 atom stereocenters. The van der Waals surface area contributed by atoms with Gasteiger partial charge >= 0.3 is 0 Å². The van der Waals surface area contributed by atoms with E-state index in [9.17, 15) is 14.4 Å². The molecule has 152 valence electrons. The maximum Gasteiger partial charge on any atom is 0.239 e. The normalized spacial score (nSPS) is 24.0. The average molecular weight is 379 g/mol. The van der Waals surface area contributed by atoms with E-state index in [0.29, 0.717) is 32.1 Å². The van der Waals surface area contributed by atoms with E-state index >= 15 is 0 Å². The van der Waals surface area contributed by atoms with Crippen LogP contribution in [0.25, 0.3) is 0 Å². The molecule has 0 bridgehead atoms. The number of carbonyl (C=O) groups excluding carboxylic acids is 3. The molecule has 3 amide bonds. The maximum atomic E-state index is 12.8. The summed E-state index contributed by atoms with van der Waals surface area (Å²) in [6.45, 7) is 9.50. The predicted octanol–water partition coefficient (Wildman–Crippen LogP) is 0.790. The predicted molar refractivity (Wildman–Crippen MR) is 103 cm³/mol. The van der Waals surface area contributed by atoms with Crippen LogP contribution < -0.4 is 0 Å². The molecule has 3 aliphatic rings. The van der Waals surface area contributed by atoms with Crippen LogP contribution in [0.3, 0.4) is 0 Å². The van der Waals surface area contributed by atoms with Crippen molar-refractivity contribution >= 4 is 17.7 Å². The van der Waals surface area contributed by atoms with E-state index in [1.165, 1.54) is 6.42 Å². The highest BCUT2D eigenvalue weighted by Crippen LogP contribution is 2.23. The van der Waals surface area contributed by atoms with E-state index < -0.39 is 0 Å². The molecule has 1 unspecified atom stereocenters. The van der Waals surface area contributed by atoms with Crippen LogP contribution in [0, 0.1) is 5.92 Å². The number of piperazine rings is 1. The molecule has 0 radical (unpaired) electrons. The highest BCUT2D eigenvalue weighted by Gasteiger charge is 2.34. The number of amides is 3. The van der Waals surface area contributed by atoms with Gasteiger partial charge in [0.15, 0.2) is 0 Å². The molecule has 0 saturated carbocycles. The lowest BCUT2D eigenvalue weighted by atomic mass is 9.93. The standard InChI is InChI=1S/C20H34N4O3/c1-16(19(26)24-14-12-22(13-15-24)17(2)25)21-10-6-18(7-11-21)20(27)23-8-4-3-5-9-23/h16,18H,3-15H2,1-2H3. The van der Waals surface area contributed by atoms with Gasteiger partial charge in [-0.25, -0.2) is 0 Å². The Bertz CT molecular complexity index is 545. The molecule has 0 aliphatic carbocycles. The molecule has 27 heavy (non-hydrogen) atoms. The van der Waals surface area contributed by atoms with Crippen molar-refractivity contribution in [2.75, 3.05) is 52.4 Å². The van der Waals surface area contributed by atoms with Crippen molar-refractivity contribution in [3.8, 4) is 0 Å². The quantitative estimate of drug-likeness (QED) is 0.728. The van der Waals surface area contributed by atoms with E-state index in [-0.39, 0.29) is 23.8 Å². The molecule has 3 heterocycles. The Balaban J connectivity index is 1.45. The third-order valence-corrected chi connectivity index (χ3v) is 6.49. The van der Waals surface area contributed by atoms with Gasteiger partial charge in [0.25, 0.3) is 0 Å². The monoisotopic (exact) mass is 378 g/mol. The van der Waals surface area contributed by atoms with Crippen LogP contribution in [0.1, 0.15) is 46.0 Å². The zero-order chi connectivity index (χ0) is 19.4. The van der Waals surface area contributed by atoms with Crippen molar-refractivity contribution in [1.29, 1.82) is 0 Å². The molecule has 7 heteroatoms. The van der Waals surface area contributed by atoms with Crippen molar-refractivity contribution < 1.29 is 14.4 Å². The van der Waals surface area contributed by atoms with E-state index in [2.05, 4.69) is 4.90 Å². The van der Waals surface area contributed by atoms with Crippen molar-refractivity contribution in [1.82, 2.24) is 19.6 Å². The lowest BCUT2D eigenvalue weighted by molar-refractivity contribution is -0.143. The minimum Gasteiger partial charge on any atom is -0.342 e. The molecule has 0 aromatic heterocycles. The average Bonchev–Trinajstić information content (AvgIpc) is 2.73. The summed E-state index contributed by atoms with van der Waals surface area (Å²) in [5.74, 6) is 0.684. The second-order valence-corrected chi connectivity index (χ2v) is 8.20. The maximum absolute atomic E-state index is 12.8. The first-order valence-corrected chi connectivity index (χ1v) is 10.5. The number of nitrogens with zero attached hydrogens (tertiary/aromatic N) is 4. The molecule has 0 spiro atoms. The first-order valence-electron chi connectivity index (χ1n) is 10.5. The number of likely N-dealkylation sites (tertiary alicyclic amines) is 2. The van der Waals surface area contributed by atoms with Gasteiger partial charge in [-0.3, -0.25) is 19.3 Å². The van der Waals surface area contributed by atoms with Crippen molar-refractivity contribution in [3.05, 3.63) is 0 Å². The van der Waals surface area contributed by atoms with Gasteiger partial charge in [0.05, 0.1) is 6.04 Å². The van der Waals surface area contributed by atoms with Crippen molar-refractivity contribution in [2.24, 2.45) is 5.92 Å². The summed E-state index contributed by atoms with van der Waals surface area (Å²) in [6, 6.07) is -0.153. The van der Waals surface area contributed by atoms with Crippen LogP contribution in [0.5, 0.6) is 0 Å². The molecule has 3 saturated heterocycles. The van der Waals surface area contributed by atoms with Crippen LogP contribution in [-0.4, -0.2) is 95.7 Å². The summed E-state index contributed by atoms with van der Waals surface area (Å²) in [5.41, 5.74) is 0. The number of carbonyl (C=O) groups is 3. The van der Waals surface area contributed by atoms with Gasteiger partial charge < -0.3 is 14.7 Å². The highest BCUT2D eigenvalue weighted by atomic mass is 16.2. The molecule has 3 rings (SSSR count). The molecule has 0 N–H and O–H groups in total. The molecule has 7 nitrogen and oxygen atoms in total. The topological polar surface area (TPSA) is 64.2 Å². The van der Waals surface area contributed by atoms with E-state index in [1.54, 1.807) is 11.8 Å². The third kappa shape index (κ3) is 4.81. The van der Waals surface area contributed by atoms with Gasteiger partial charge in [-0.1, -0.05) is 0 Å². The first-order chi connectivity index (χ1) is 13.0. The van der Waals surface area contributed by atoms with E-state index in [4.69, 9.17) is 0 Å². The lowest BCUT2D eigenvalue weighted by Gasteiger charge is -2.40. The van der Waals surface area contributed by atoms with Crippen LogP contribution in [0.2, 0.25) is 0 Å². The highest BCUT2D eigenvalue weighted by molar-refractivity contribution is 5.82. The third-order valence-electron chi connectivity index (χ3n) is 6.49. The first kappa shape index (κ1) is 20.1. The number of rotatable bonds is 3. The molecule has 0 aromatic carbocycles. The van der Waals surface area contributed by atoms with E-state index in [0.717, 1.165) is 51.9 Å². The minimum absolute atomic E-state index is 0.0793. The minimum atomic E-state index is -0.153. The van der Waals surface area contributed by atoms with Crippen molar-refractivity contribution in [3.63, 3.8) is 0 Å². The Morgan fingerprint density at radius 3 is 1.85 bits per heavy atom. The summed E-state index contributed by atoms with van der Waals surface area (Å²) in [5, 5.41) is 0. The fourth-order valence-corrected chi connectivity index (χ4v) is 4.57. The van der Waals surface area contributed by atoms with Gasteiger partial charge in [0.2, 0.25) is 17.7 Å². The smallest absolute Gasteiger partial charge is 0.239 e. The Morgan fingerprint density at radius 2 is 1.30 bits per heavy atom. The van der Waals surface area contributed by atoms with Crippen molar-refractivity contribution in [2.45, 2.75) is 52.0 Å². The van der Waals surface area contributed by atoms with Crippen LogP contribution in [0.15, 0.2) is 0 Å². The Morgan fingerprint density at radius 1 is 0.741 bits per heavy atom. The SMILES string of the molecule is CC(=O)N1CCN(C(=O)C(C)N2CCC(C(=O)N3CCCCC3)CC2)CC1. The van der Waals surface area contributed by atoms with Gasteiger partial charge in [-0.2, -0.15) is 0 Å². The van der Waals surface area contributed by atoms with Crippen LogP contribution >= 0.6 is 0 Å². The van der Waals surface area contributed by atoms with E-state index in [1.807, 2.05) is 16.7 Å². The van der Waals surface area contributed by atoms with Gasteiger partial charge in [0, 0.05) is 52.1 Å². The molecule has 0 aromatic rings. The second kappa shape index (κ2) is 9.04. The summed E-state index contributed by atoms with van der Waals surface area (Å²) < 4.78 is 0.